The lowest BCUT2D eigenvalue weighted by molar-refractivity contribution is -0.137. The fourth-order valence-electron chi connectivity index (χ4n) is 4.26. The maximum absolute atomic E-state index is 13.2. The molecule has 1 aliphatic heterocycles. The van der Waals surface area contributed by atoms with Crippen LogP contribution in [0.15, 0.2) is 60.7 Å². The molecular weight excluding hydrogens is 505 g/mol. The third-order valence-electron chi connectivity index (χ3n) is 6.17. The number of rotatable bonds is 7. The number of ether oxygens (including phenoxy) is 4. The highest BCUT2D eigenvalue weighted by Crippen LogP contribution is 2.39. The average Bonchev–Trinajstić information content (AvgIpc) is 2.90. The molecule has 0 radical (unpaired) electrons. The van der Waals surface area contributed by atoms with Gasteiger partial charge in [0.1, 0.15) is 18.1 Å². The zero-order valence-electron chi connectivity index (χ0n) is 20.6. The molecule has 1 atom stereocenters. The molecule has 0 saturated heterocycles. The fraction of sp³-hybridized carbons (Fsp3) is 0.296. The van der Waals surface area contributed by atoms with Gasteiger partial charge in [0.2, 0.25) is 0 Å². The summed E-state index contributed by atoms with van der Waals surface area (Å²) in [4.78, 5) is 1.97. The number of alkyl halides is 3. The Hall–Kier alpha value is -3.66. The smallest absolute Gasteiger partial charge is 0.416 e. The van der Waals surface area contributed by atoms with Crippen LogP contribution in [0.4, 0.5) is 18.9 Å². The summed E-state index contributed by atoms with van der Waals surface area (Å²) in [7, 11) is 4.72. The number of nitrogens with zero attached hydrogens (tertiary/aromatic N) is 1. The molecule has 1 heterocycles. The summed E-state index contributed by atoms with van der Waals surface area (Å²) in [5.41, 5.74) is 1.93. The van der Waals surface area contributed by atoms with Crippen LogP contribution in [-0.2, 0) is 12.6 Å². The minimum atomic E-state index is -4.46. The highest BCUT2D eigenvalue weighted by Gasteiger charge is 2.33. The number of methoxy groups -OCH3 is 3. The molecule has 6 nitrogen and oxygen atoms in total. The predicted octanol–water partition coefficient (Wildman–Crippen LogP) is 6.11. The molecule has 0 fully saturated rings. The first kappa shape index (κ1) is 26.4. The van der Waals surface area contributed by atoms with Crippen LogP contribution in [0.5, 0.6) is 23.0 Å². The summed E-state index contributed by atoms with van der Waals surface area (Å²) in [6.45, 7) is 0.634. The molecule has 1 unspecified atom stereocenters. The van der Waals surface area contributed by atoms with Crippen molar-refractivity contribution in [3.63, 3.8) is 0 Å². The molecular formula is C27H27F3N2O4S. The number of nitrogens with one attached hydrogen (secondary N) is 1. The lowest BCUT2D eigenvalue weighted by Gasteiger charge is -2.39. The largest absolute Gasteiger partial charge is 0.497 e. The summed E-state index contributed by atoms with van der Waals surface area (Å²) in [6, 6.07) is 15.6. The molecule has 0 amide bonds. The molecule has 3 aromatic carbocycles. The Kier molecular flexibility index (Phi) is 7.97. The second-order valence-electron chi connectivity index (χ2n) is 8.36. The van der Waals surface area contributed by atoms with Crippen molar-refractivity contribution < 1.29 is 32.1 Å². The van der Waals surface area contributed by atoms with Crippen LogP contribution in [0.1, 0.15) is 22.7 Å². The van der Waals surface area contributed by atoms with Crippen LogP contribution in [0.25, 0.3) is 0 Å². The minimum Gasteiger partial charge on any atom is -0.497 e. The Bertz CT molecular complexity index is 1250. The van der Waals surface area contributed by atoms with E-state index in [-0.39, 0.29) is 12.4 Å². The number of benzene rings is 3. The second-order valence-corrected chi connectivity index (χ2v) is 8.75. The highest BCUT2D eigenvalue weighted by atomic mass is 32.1. The van der Waals surface area contributed by atoms with E-state index in [0.29, 0.717) is 29.6 Å². The van der Waals surface area contributed by atoms with Crippen LogP contribution in [0.2, 0.25) is 0 Å². The van der Waals surface area contributed by atoms with Crippen LogP contribution < -0.4 is 24.3 Å². The van der Waals surface area contributed by atoms with E-state index in [1.807, 2.05) is 41.3 Å². The SMILES string of the molecule is COc1ccc(NC(=S)N2CCc3cc(OC)c(OC)cc3C2COc2cccc(C(F)(F)F)c2)cc1. The fourth-order valence-corrected chi connectivity index (χ4v) is 4.59. The van der Waals surface area contributed by atoms with Crippen LogP contribution >= 0.6 is 12.2 Å². The number of thiocarbonyl (C=S) groups is 1. The Morgan fingerprint density at radius 3 is 2.30 bits per heavy atom. The number of fused-ring (bicyclic) bond motifs is 1. The summed E-state index contributed by atoms with van der Waals surface area (Å²) in [6.07, 6.45) is -3.78. The second kappa shape index (κ2) is 11.2. The molecule has 37 heavy (non-hydrogen) atoms. The molecule has 196 valence electrons. The Morgan fingerprint density at radius 2 is 1.65 bits per heavy atom. The van der Waals surface area contributed by atoms with Crippen molar-refractivity contribution in [2.45, 2.75) is 18.6 Å². The van der Waals surface area contributed by atoms with E-state index in [1.165, 1.54) is 12.1 Å². The van der Waals surface area contributed by atoms with E-state index in [4.69, 9.17) is 31.2 Å². The molecule has 0 saturated carbocycles. The minimum absolute atomic E-state index is 0.0637. The van der Waals surface area contributed by atoms with Gasteiger partial charge in [-0.25, -0.2) is 0 Å². The van der Waals surface area contributed by atoms with Crippen molar-refractivity contribution in [2.24, 2.45) is 0 Å². The van der Waals surface area contributed by atoms with E-state index in [2.05, 4.69) is 5.32 Å². The van der Waals surface area contributed by atoms with Crippen LogP contribution in [0, 0.1) is 0 Å². The summed E-state index contributed by atoms with van der Waals surface area (Å²) in [5, 5.41) is 3.70. The number of anilines is 1. The average molecular weight is 533 g/mol. The molecule has 0 aromatic heterocycles. The molecule has 3 aromatic rings. The lowest BCUT2D eigenvalue weighted by atomic mass is 9.92. The van der Waals surface area contributed by atoms with Gasteiger partial charge < -0.3 is 29.2 Å². The third-order valence-corrected chi connectivity index (χ3v) is 6.51. The molecule has 4 rings (SSSR count). The standard InChI is InChI=1S/C27H27F3N2O4S/c1-33-20-9-7-19(8-10-20)31-26(37)32-12-11-17-13-24(34-2)25(35-3)15-22(17)23(32)16-36-21-6-4-5-18(14-21)27(28,29)30/h4-10,13-15,23H,11-12,16H2,1-3H3,(H,31,37). The van der Waals surface area contributed by atoms with Gasteiger partial charge in [-0.3, -0.25) is 0 Å². The monoisotopic (exact) mass is 532 g/mol. The van der Waals surface area contributed by atoms with Crippen molar-refractivity contribution in [1.29, 1.82) is 0 Å². The van der Waals surface area contributed by atoms with Gasteiger partial charge in [-0.1, -0.05) is 6.07 Å². The number of hydrogen-bond donors (Lipinski definition) is 1. The van der Waals surface area contributed by atoms with Gasteiger partial charge >= 0.3 is 6.18 Å². The third kappa shape index (κ3) is 6.02. The molecule has 0 aliphatic carbocycles. The quantitative estimate of drug-likeness (QED) is 0.369. The van der Waals surface area contributed by atoms with Gasteiger partial charge in [0.15, 0.2) is 16.6 Å². The van der Waals surface area contributed by atoms with Gasteiger partial charge in [-0.2, -0.15) is 13.2 Å². The van der Waals surface area contributed by atoms with Crippen molar-refractivity contribution in [1.82, 2.24) is 4.90 Å². The predicted molar refractivity (Wildman–Crippen MR) is 139 cm³/mol. The van der Waals surface area contributed by atoms with Crippen LogP contribution in [0.3, 0.4) is 0 Å². The van der Waals surface area contributed by atoms with E-state index in [1.54, 1.807) is 21.3 Å². The van der Waals surface area contributed by atoms with Gasteiger partial charge in [-0.15, -0.1) is 0 Å². The zero-order chi connectivity index (χ0) is 26.6. The molecule has 1 N–H and O–H groups in total. The Labute approximate surface area is 218 Å². The maximum Gasteiger partial charge on any atom is 0.416 e. The first-order chi connectivity index (χ1) is 17.7. The Morgan fingerprint density at radius 1 is 0.946 bits per heavy atom. The van der Waals surface area contributed by atoms with Crippen molar-refractivity contribution in [3.05, 3.63) is 77.4 Å². The molecule has 0 spiro atoms. The van der Waals surface area contributed by atoms with Crippen molar-refractivity contribution in [2.75, 3.05) is 39.8 Å². The van der Waals surface area contributed by atoms with Crippen molar-refractivity contribution in [3.8, 4) is 23.0 Å². The van der Waals surface area contributed by atoms with E-state index in [0.717, 1.165) is 34.7 Å². The molecule has 10 heteroatoms. The molecule has 1 aliphatic rings. The summed E-state index contributed by atoms with van der Waals surface area (Å²) >= 11 is 5.76. The van der Waals surface area contributed by atoms with Gasteiger partial charge in [0.25, 0.3) is 0 Å². The first-order valence-electron chi connectivity index (χ1n) is 11.5. The maximum atomic E-state index is 13.2. The summed E-state index contributed by atoms with van der Waals surface area (Å²) in [5.74, 6) is 1.99. The number of hydrogen-bond acceptors (Lipinski definition) is 5. The Balaban J connectivity index is 1.63. The highest BCUT2D eigenvalue weighted by molar-refractivity contribution is 7.80. The zero-order valence-corrected chi connectivity index (χ0v) is 21.4. The van der Waals surface area contributed by atoms with Crippen molar-refractivity contribution >= 4 is 23.0 Å². The van der Waals surface area contributed by atoms with Gasteiger partial charge in [-0.05, 0) is 84.4 Å². The lowest BCUT2D eigenvalue weighted by Crippen LogP contribution is -2.44. The topological polar surface area (TPSA) is 52.2 Å². The summed E-state index contributed by atoms with van der Waals surface area (Å²) < 4.78 is 61.7. The van der Waals surface area contributed by atoms with E-state index >= 15 is 0 Å². The van der Waals surface area contributed by atoms with E-state index < -0.39 is 17.8 Å². The first-order valence-corrected chi connectivity index (χ1v) is 11.9. The molecule has 0 bridgehead atoms. The van der Waals surface area contributed by atoms with Gasteiger partial charge in [0.05, 0.1) is 32.9 Å². The van der Waals surface area contributed by atoms with Gasteiger partial charge in [0, 0.05) is 12.2 Å². The normalized spacial score (nSPS) is 15.0. The van der Waals surface area contributed by atoms with E-state index in [9.17, 15) is 13.2 Å². The number of halogens is 3. The van der Waals surface area contributed by atoms with Crippen LogP contribution in [-0.4, -0.2) is 44.5 Å².